The highest BCUT2D eigenvalue weighted by atomic mass is 32.2. The van der Waals surface area contributed by atoms with Crippen molar-refractivity contribution < 1.29 is 23.9 Å². The number of fused-ring (bicyclic) bond motifs is 1. The van der Waals surface area contributed by atoms with E-state index >= 15 is 0 Å². The van der Waals surface area contributed by atoms with Crippen molar-refractivity contribution in [3.8, 4) is 0 Å². The number of hydrogen-bond acceptors (Lipinski definition) is 7. The van der Waals surface area contributed by atoms with Crippen LogP contribution in [0.4, 0.5) is 4.79 Å². The van der Waals surface area contributed by atoms with E-state index in [1.165, 1.54) is 7.11 Å². The largest absolute Gasteiger partial charge is 0.467 e. The summed E-state index contributed by atoms with van der Waals surface area (Å²) in [4.78, 5) is 42.5. The summed E-state index contributed by atoms with van der Waals surface area (Å²) in [6, 6.07) is 13.4. The summed E-state index contributed by atoms with van der Waals surface area (Å²) in [6.45, 7) is 10.8. The fourth-order valence-corrected chi connectivity index (χ4v) is 5.09. The maximum absolute atomic E-state index is 13.3. The second-order valence-electron chi connectivity index (χ2n) is 11.3. The Labute approximate surface area is 244 Å². The van der Waals surface area contributed by atoms with Crippen LogP contribution in [0.1, 0.15) is 53.0 Å². The van der Waals surface area contributed by atoms with Crippen molar-refractivity contribution in [1.82, 2.24) is 15.1 Å². The Morgan fingerprint density at radius 3 is 2.38 bits per heavy atom. The first-order chi connectivity index (χ1) is 18.9. The second-order valence-corrected chi connectivity index (χ2v) is 12.3. The number of benzene rings is 2. The molecule has 2 rings (SSSR count). The van der Waals surface area contributed by atoms with Crippen molar-refractivity contribution in [3.63, 3.8) is 0 Å². The highest BCUT2D eigenvalue weighted by Gasteiger charge is 2.31. The smallest absolute Gasteiger partial charge is 0.410 e. The number of carbonyl (C=O) groups excluding carboxylic acids is 3. The average molecular weight is 574 g/mol. The third-order valence-electron chi connectivity index (χ3n) is 7.00. The van der Waals surface area contributed by atoms with Crippen LogP contribution in [0.5, 0.6) is 0 Å². The van der Waals surface area contributed by atoms with E-state index in [1.807, 2.05) is 45.2 Å². The first-order valence-corrected chi connectivity index (χ1v) is 15.3. The number of carbonyl (C=O) groups is 3. The second kappa shape index (κ2) is 15.9. The summed E-state index contributed by atoms with van der Waals surface area (Å²) < 4.78 is 10.6. The van der Waals surface area contributed by atoms with Gasteiger partial charge in [-0.3, -0.25) is 9.69 Å². The molecule has 0 radical (unpaired) electrons. The van der Waals surface area contributed by atoms with Gasteiger partial charge < -0.3 is 19.7 Å². The molecule has 1 N–H and O–H groups in total. The standard InChI is InChI=1S/C31H47N3O5S/c1-9-22(2)27(33(6)30(37)39-31(3,4)5)20-34(19-24-15-12-14-23-13-10-11-16-25(23)24)21-28(35)32-26(17-18-40-8)29(36)38-7/h10-16,22,26-27H,9,17-21H2,1-8H3,(H,32,35)/t22?,26-,27+/m0/s1. The minimum atomic E-state index is -0.709. The number of likely N-dealkylation sites (N-methyl/N-ethyl adjacent to an activating group) is 1. The van der Waals surface area contributed by atoms with Gasteiger partial charge in [0.2, 0.25) is 5.91 Å². The number of amides is 2. The van der Waals surface area contributed by atoms with Gasteiger partial charge in [0.1, 0.15) is 11.6 Å². The number of nitrogens with zero attached hydrogens (tertiary/aromatic N) is 2. The topological polar surface area (TPSA) is 88.2 Å². The molecular weight excluding hydrogens is 526 g/mol. The van der Waals surface area contributed by atoms with Crippen LogP contribution in [0.25, 0.3) is 10.8 Å². The van der Waals surface area contributed by atoms with Crippen molar-refractivity contribution in [3.05, 3.63) is 48.0 Å². The summed E-state index contributed by atoms with van der Waals surface area (Å²) in [7, 11) is 3.09. The average Bonchev–Trinajstić information content (AvgIpc) is 2.91. The van der Waals surface area contributed by atoms with Crippen LogP contribution in [0.3, 0.4) is 0 Å². The molecule has 0 aliphatic rings. The highest BCUT2D eigenvalue weighted by molar-refractivity contribution is 7.98. The van der Waals surface area contributed by atoms with Crippen molar-refractivity contribution in [2.75, 3.05) is 39.3 Å². The molecule has 3 atom stereocenters. The van der Waals surface area contributed by atoms with E-state index in [1.54, 1.807) is 23.7 Å². The molecular formula is C31H47N3O5S. The van der Waals surface area contributed by atoms with E-state index in [0.29, 0.717) is 19.5 Å². The Hall–Kier alpha value is -2.78. The molecule has 222 valence electrons. The molecule has 1 unspecified atom stereocenters. The number of thioether (sulfide) groups is 1. The third-order valence-corrected chi connectivity index (χ3v) is 7.64. The molecule has 9 heteroatoms. The van der Waals surface area contributed by atoms with E-state index in [2.05, 4.69) is 48.3 Å². The molecule has 2 aromatic rings. The van der Waals surface area contributed by atoms with Crippen LogP contribution in [0.2, 0.25) is 0 Å². The summed E-state index contributed by atoms with van der Waals surface area (Å²) in [6.07, 6.45) is 2.90. The fraction of sp³-hybridized carbons (Fsp3) is 0.581. The first-order valence-electron chi connectivity index (χ1n) is 13.9. The van der Waals surface area contributed by atoms with Gasteiger partial charge in [0.15, 0.2) is 0 Å². The number of ether oxygens (including phenoxy) is 2. The summed E-state index contributed by atoms with van der Waals surface area (Å²) in [5.74, 6) is 0.154. The number of hydrogen-bond donors (Lipinski definition) is 1. The molecule has 2 aromatic carbocycles. The van der Waals surface area contributed by atoms with Gasteiger partial charge in [0.05, 0.1) is 13.7 Å². The predicted octanol–water partition coefficient (Wildman–Crippen LogP) is 5.33. The fourth-order valence-electron chi connectivity index (χ4n) is 4.62. The lowest BCUT2D eigenvalue weighted by Crippen LogP contribution is -2.52. The number of nitrogens with one attached hydrogen (secondary N) is 1. The minimum absolute atomic E-state index is 0.0606. The van der Waals surface area contributed by atoms with E-state index in [0.717, 1.165) is 28.5 Å². The van der Waals surface area contributed by atoms with E-state index in [9.17, 15) is 14.4 Å². The SMILES string of the molecule is CCC(C)[C@@H](CN(CC(=O)N[C@@H](CCSC)C(=O)OC)Cc1cccc2ccccc12)N(C)C(=O)OC(C)(C)C. The molecule has 0 saturated heterocycles. The van der Waals surface area contributed by atoms with Gasteiger partial charge in [0.25, 0.3) is 0 Å². The molecule has 0 bridgehead atoms. The van der Waals surface area contributed by atoms with Gasteiger partial charge >= 0.3 is 12.1 Å². The lowest BCUT2D eigenvalue weighted by molar-refractivity contribution is -0.145. The first kappa shape index (κ1) is 33.4. The molecule has 0 fully saturated rings. The van der Waals surface area contributed by atoms with Crippen molar-refractivity contribution in [2.45, 2.75) is 71.7 Å². The van der Waals surface area contributed by atoms with E-state index < -0.39 is 23.7 Å². The van der Waals surface area contributed by atoms with E-state index in [4.69, 9.17) is 9.47 Å². The molecule has 40 heavy (non-hydrogen) atoms. The maximum Gasteiger partial charge on any atom is 0.410 e. The highest BCUT2D eigenvalue weighted by Crippen LogP contribution is 2.23. The molecule has 0 spiro atoms. The Bertz CT molecular complexity index is 1110. The number of rotatable bonds is 14. The van der Waals surface area contributed by atoms with Crippen molar-refractivity contribution >= 4 is 40.5 Å². The van der Waals surface area contributed by atoms with Gasteiger partial charge in [0, 0.05) is 26.2 Å². The Morgan fingerprint density at radius 2 is 1.75 bits per heavy atom. The van der Waals surface area contributed by atoms with E-state index in [-0.39, 0.29) is 24.4 Å². The van der Waals surface area contributed by atoms with Crippen LogP contribution < -0.4 is 5.32 Å². The summed E-state index contributed by atoms with van der Waals surface area (Å²) >= 11 is 1.61. The monoisotopic (exact) mass is 573 g/mol. The summed E-state index contributed by atoms with van der Waals surface area (Å²) in [5, 5.41) is 5.12. The normalized spacial score (nSPS) is 13.9. The molecule has 0 saturated carbocycles. The maximum atomic E-state index is 13.3. The van der Waals surface area contributed by atoms with Crippen molar-refractivity contribution in [1.29, 1.82) is 0 Å². The molecule has 0 heterocycles. The number of methoxy groups -OCH3 is 1. The predicted molar refractivity (Wildman–Crippen MR) is 163 cm³/mol. The molecule has 2 amide bonds. The van der Waals surface area contributed by atoms with Crippen LogP contribution in [0, 0.1) is 5.92 Å². The lowest BCUT2D eigenvalue weighted by Gasteiger charge is -2.37. The Kier molecular flexibility index (Phi) is 13.3. The van der Waals surface area contributed by atoms with Gasteiger partial charge in [-0.1, -0.05) is 62.7 Å². The van der Waals surface area contributed by atoms with Crippen LogP contribution in [0.15, 0.2) is 42.5 Å². The minimum Gasteiger partial charge on any atom is -0.467 e. The van der Waals surface area contributed by atoms with Gasteiger partial charge in [-0.05, 0) is 61.5 Å². The van der Waals surface area contributed by atoms with Gasteiger partial charge in [-0.25, -0.2) is 9.59 Å². The van der Waals surface area contributed by atoms with Crippen LogP contribution >= 0.6 is 11.8 Å². The zero-order valence-corrected chi connectivity index (χ0v) is 26.2. The van der Waals surface area contributed by atoms with Crippen LogP contribution in [-0.2, 0) is 25.6 Å². The quantitative estimate of drug-likeness (QED) is 0.306. The van der Waals surface area contributed by atoms with Crippen molar-refractivity contribution in [2.24, 2.45) is 5.92 Å². The molecule has 0 aliphatic heterocycles. The van der Waals surface area contributed by atoms with Crippen LogP contribution in [-0.4, -0.2) is 84.7 Å². The Balaban J connectivity index is 2.38. The van der Waals surface area contributed by atoms with Gasteiger partial charge in [-0.15, -0.1) is 0 Å². The summed E-state index contributed by atoms with van der Waals surface area (Å²) in [5.41, 5.74) is 0.466. The Morgan fingerprint density at radius 1 is 1.07 bits per heavy atom. The van der Waals surface area contributed by atoms with Gasteiger partial charge in [-0.2, -0.15) is 11.8 Å². The molecule has 0 aromatic heterocycles. The zero-order valence-electron chi connectivity index (χ0n) is 25.4. The molecule has 8 nitrogen and oxygen atoms in total. The zero-order chi connectivity index (χ0) is 29.9. The molecule has 0 aliphatic carbocycles. The third kappa shape index (κ3) is 10.3. The number of esters is 1. The lowest BCUT2D eigenvalue weighted by atomic mass is 9.97.